The lowest BCUT2D eigenvalue weighted by Crippen LogP contribution is -2.36. The van der Waals surface area contributed by atoms with E-state index < -0.39 is 0 Å². The molecule has 1 aliphatic rings. The molecule has 0 spiro atoms. The molecule has 0 saturated heterocycles. The number of nitrogens with zero attached hydrogens (tertiary/aromatic N) is 1. The number of rotatable bonds is 7. The van der Waals surface area contributed by atoms with E-state index in [0.29, 0.717) is 31.5 Å². The summed E-state index contributed by atoms with van der Waals surface area (Å²) >= 11 is 0. The van der Waals surface area contributed by atoms with Gasteiger partial charge in [0.25, 0.3) is 0 Å². The molecule has 116 valence electrons. The zero-order valence-electron chi connectivity index (χ0n) is 13.0. The second-order valence-corrected chi connectivity index (χ2v) is 5.89. The van der Waals surface area contributed by atoms with E-state index in [0.717, 1.165) is 30.6 Å². The van der Waals surface area contributed by atoms with Crippen molar-refractivity contribution in [1.82, 2.24) is 4.90 Å². The zero-order valence-corrected chi connectivity index (χ0v) is 13.0. The van der Waals surface area contributed by atoms with Crippen LogP contribution in [0.2, 0.25) is 0 Å². The molecule has 0 aromatic heterocycles. The maximum atomic E-state index is 12.2. The highest BCUT2D eigenvalue weighted by molar-refractivity contribution is 5.76. The lowest BCUT2D eigenvalue weighted by molar-refractivity contribution is -0.133. The number of hydrogen-bond acceptors (Lipinski definition) is 3. The molecule has 0 bridgehead atoms. The standard InChI is InChI=1S/C17H26N2O2/c1-3-21-16-8-15(9-16)10-17(20)19(2)12-14-6-4-5-13(7-14)11-18/h4-7,15-16H,3,8-12,18H2,1-2H3. The van der Waals surface area contributed by atoms with Gasteiger partial charge in [-0.05, 0) is 36.8 Å². The van der Waals surface area contributed by atoms with Crippen LogP contribution in [-0.4, -0.2) is 30.6 Å². The minimum atomic E-state index is 0.216. The summed E-state index contributed by atoms with van der Waals surface area (Å²) in [6.07, 6.45) is 3.06. The van der Waals surface area contributed by atoms with Gasteiger partial charge in [0.2, 0.25) is 5.91 Å². The average molecular weight is 290 g/mol. The van der Waals surface area contributed by atoms with Gasteiger partial charge in [-0.1, -0.05) is 24.3 Å². The highest BCUT2D eigenvalue weighted by Crippen LogP contribution is 2.33. The second kappa shape index (κ2) is 7.57. The molecule has 0 heterocycles. The normalized spacial score (nSPS) is 20.9. The van der Waals surface area contributed by atoms with Crippen molar-refractivity contribution in [3.05, 3.63) is 35.4 Å². The summed E-state index contributed by atoms with van der Waals surface area (Å²) in [5.74, 6) is 0.708. The number of ether oxygens (including phenoxy) is 1. The van der Waals surface area contributed by atoms with Gasteiger partial charge < -0.3 is 15.4 Å². The van der Waals surface area contributed by atoms with Crippen LogP contribution in [0.5, 0.6) is 0 Å². The number of hydrogen-bond donors (Lipinski definition) is 1. The second-order valence-electron chi connectivity index (χ2n) is 5.89. The third kappa shape index (κ3) is 4.55. The van der Waals surface area contributed by atoms with Crippen molar-refractivity contribution in [2.45, 2.75) is 45.4 Å². The summed E-state index contributed by atoms with van der Waals surface area (Å²) in [7, 11) is 1.87. The van der Waals surface area contributed by atoms with Crippen LogP contribution in [0.15, 0.2) is 24.3 Å². The number of benzene rings is 1. The predicted molar refractivity (Wildman–Crippen MR) is 83.6 cm³/mol. The smallest absolute Gasteiger partial charge is 0.222 e. The molecule has 2 N–H and O–H groups in total. The topological polar surface area (TPSA) is 55.6 Å². The maximum Gasteiger partial charge on any atom is 0.222 e. The molecule has 1 aromatic rings. The zero-order chi connectivity index (χ0) is 15.2. The van der Waals surface area contributed by atoms with Crippen LogP contribution in [-0.2, 0) is 22.6 Å². The molecule has 2 rings (SSSR count). The summed E-state index contributed by atoms with van der Waals surface area (Å²) < 4.78 is 5.53. The molecule has 1 amide bonds. The van der Waals surface area contributed by atoms with Crippen LogP contribution in [0.4, 0.5) is 0 Å². The van der Waals surface area contributed by atoms with E-state index in [9.17, 15) is 4.79 Å². The largest absolute Gasteiger partial charge is 0.378 e. The number of carbonyl (C=O) groups excluding carboxylic acids is 1. The Morgan fingerprint density at radius 3 is 2.76 bits per heavy atom. The van der Waals surface area contributed by atoms with Crippen LogP contribution in [0.3, 0.4) is 0 Å². The molecule has 1 fully saturated rings. The van der Waals surface area contributed by atoms with Crippen molar-refractivity contribution in [2.24, 2.45) is 11.7 Å². The Hall–Kier alpha value is -1.39. The monoisotopic (exact) mass is 290 g/mol. The van der Waals surface area contributed by atoms with Crippen molar-refractivity contribution >= 4 is 5.91 Å². The van der Waals surface area contributed by atoms with Crippen molar-refractivity contribution in [1.29, 1.82) is 0 Å². The van der Waals surface area contributed by atoms with E-state index in [1.165, 1.54) is 0 Å². The van der Waals surface area contributed by atoms with Gasteiger partial charge in [0.15, 0.2) is 0 Å². The summed E-state index contributed by atoms with van der Waals surface area (Å²) in [6.45, 7) is 3.96. The fourth-order valence-electron chi connectivity index (χ4n) is 2.83. The number of amides is 1. The van der Waals surface area contributed by atoms with Crippen LogP contribution < -0.4 is 5.73 Å². The molecule has 1 aliphatic carbocycles. The van der Waals surface area contributed by atoms with Gasteiger partial charge in [0.05, 0.1) is 6.10 Å². The maximum absolute atomic E-state index is 12.2. The first-order chi connectivity index (χ1) is 10.1. The minimum absolute atomic E-state index is 0.216. The Balaban J connectivity index is 1.77. The summed E-state index contributed by atoms with van der Waals surface area (Å²) in [4.78, 5) is 14.0. The minimum Gasteiger partial charge on any atom is -0.378 e. The summed E-state index contributed by atoms with van der Waals surface area (Å²) in [5.41, 5.74) is 7.88. The van der Waals surface area contributed by atoms with Gasteiger partial charge in [-0.3, -0.25) is 4.79 Å². The van der Waals surface area contributed by atoms with Crippen molar-refractivity contribution in [3.63, 3.8) is 0 Å². The Labute approximate surface area is 127 Å². The summed E-state index contributed by atoms with van der Waals surface area (Å²) in [5, 5.41) is 0. The number of nitrogens with two attached hydrogens (primary N) is 1. The molecule has 0 atom stereocenters. The van der Waals surface area contributed by atoms with E-state index in [-0.39, 0.29) is 5.91 Å². The van der Waals surface area contributed by atoms with Gasteiger partial charge in [0, 0.05) is 33.2 Å². The predicted octanol–water partition coefficient (Wildman–Crippen LogP) is 2.31. The van der Waals surface area contributed by atoms with Crippen LogP contribution in [0.1, 0.15) is 37.3 Å². The molecular weight excluding hydrogens is 264 g/mol. The van der Waals surface area contributed by atoms with Gasteiger partial charge >= 0.3 is 0 Å². The van der Waals surface area contributed by atoms with Crippen LogP contribution >= 0.6 is 0 Å². The van der Waals surface area contributed by atoms with E-state index >= 15 is 0 Å². The summed E-state index contributed by atoms with van der Waals surface area (Å²) in [6, 6.07) is 8.11. The molecule has 21 heavy (non-hydrogen) atoms. The first kappa shape index (κ1) is 16.0. The third-order valence-electron chi connectivity index (χ3n) is 4.13. The molecule has 4 nitrogen and oxygen atoms in total. The Bertz CT molecular complexity index is 470. The number of carbonyl (C=O) groups is 1. The van der Waals surface area contributed by atoms with Gasteiger partial charge in [-0.25, -0.2) is 0 Å². The van der Waals surface area contributed by atoms with E-state index in [2.05, 4.69) is 6.07 Å². The first-order valence-electron chi connectivity index (χ1n) is 7.75. The molecule has 1 aromatic carbocycles. The van der Waals surface area contributed by atoms with Gasteiger partial charge in [-0.2, -0.15) is 0 Å². The van der Waals surface area contributed by atoms with E-state index in [1.807, 2.05) is 37.1 Å². The highest BCUT2D eigenvalue weighted by Gasteiger charge is 2.31. The first-order valence-corrected chi connectivity index (χ1v) is 7.75. The van der Waals surface area contributed by atoms with E-state index in [1.54, 1.807) is 0 Å². The SMILES string of the molecule is CCOC1CC(CC(=O)N(C)Cc2cccc(CN)c2)C1. The molecular formula is C17H26N2O2. The molecule has 0 unspecified atom stereocenters. The third-order valence-corrected chi connectivity index (χ3v) is 4.13. The van der Waals surface area contributed by atoms with Gasteiger partial charge in [-0.15, -0.1) is 0 Å². The lowest BCUT2D eigenvalue weighted by atomic mass is 9.80. The molecule has 0 radical (unpaired) electrons. The molecule has 4 heteroatoms. The Morgan fingerprint density at radius 1 is 1.38 bits per heavy atom. The van der Waals surface area contributed by atoms with Crippen molar-refractivity contribution < 1.29 is 9.53 Å². The Morgan fingerprint density at radius 2 is 2.10 bits per heavy atom. The quantitative estimate of drug-likeness (QED) is 0.838. The lowest BCUT2D eigenvalue weighted by Gasteiger charge is -2.35. The fraction of sp³-hybridized carbons (Fsp3) is 0.588. The van der Waals surface area contributed by atoms with E-state index in [4.69, 9.17) is 10.5 Å². The highest BCUT2D eigenvalue weighted by atomic mass is 16.5. The van der Waals surface area contributed by atoms with Crippen LogP contribution in [0.25, 0.3) is 0 Å². The Kier molecular flexibility index (Phi) is 5.76. The fourth-order valence-corrected chi connectivity index (χ4v) is 2.83. The molecule has 0 aliphatic heterocycles. The average Bonchev–Trinajstić information content (AvgIpc) is 2.45. The molecule has 1 saturated carbocycles. The van der Waals surface area contributed by atoms with Crippen molar-refractivity contribution in [3.8, 4) is 0 Å². The van der Waals surface area contributed by atoms with Gasteiger partial charge in [0.1, 0.15) is 0 Å². The van der Waals surface area contributed by atoms with Crippen molar-refractivity contribution in [2.75, 3.05) is 13.7 Å². The van der Waals surface area contributed by atoms with Crippen LogP contribution in [0, 0.1) is 5.92 Å².